The van der Waals surface area contributed by atoms with Gasteiger partial charge in [0.15, 0.2) is 9.84 Å². The molecule has 1 saturated carbocycles. The fourth-order valence-corrected chi connectivity index (χ4v) is 2.38. The van der Waals surface area contributed by atoms with Crippen LogP contribution in [-0.4, -0.2) is 37.9 Å². The van der Waals surface area contributed by atoms with E-state index in [4.69, 9.17) is 5.73 Å². The van der Waals surface area contributed by atoms with E-state index >= 15 is 0 Å². The highest BCUT2D eigenvalue weighted by Crippen LogP contribution is 2.23. The summed E-state index contributed by atoms with van der Waals surface area (Å²) >= 11 is 0. The lowest BCUT2D eigenvalue weighted by Gasteiger charge is -2.29. The number of carbonyl (C=O) groups excluding carboxylic acids is 1. The first kappa shape index (κ1) is 15.4. The van der Waals surface area contributed by atoms with Gasteiger partial charge in [0.05, 0.1) is 10.7 Å². The van der Waals surface area contributed by atoms with Crippen molar-refractivity contribution in [1.29, 1.82) is 0 Å². The van der Waals surface area contributed by atoms with Crippen LogP contribution >= 0.6 is 0 Å². The number of hydrogen-bond donors (Lipinski definition) is 2. The summed E-state index contributed by atoms with van der Waals surface area (Å²) in [6, 6.07) is -0.0971. The number of hydrogen-bond acceptors (Lipinski definition) is 4. The number of carbonyl (C=O) groups is 1. The predicted molar refractivity (Wildman–Crippen MR) is 71.9 cm³/mol. The quantitative estimate of drug-likeness (QED) is 0.780. The van der Waals surface area contributed by atoms with Gasteiger partial charge in [0.2, 0.25) is 5.91 Å². The van der Waals surface area contributed by atoms with Crippen molar-refractivity contribution in [2.45, 2.75) is 50.3 Å². The predicted octanol–water partition coefficient (Wildman–Crippen LogP) is 0.443. The summed E-state index contributed by atoms with van der Waals surface area (Å²) in [5, 5.41) is 2.73. The third kappa shape index (κ3) is 3.68. The Balaban J connectivity index is 2.56. The molecule has 0 aromatic heterocycles. The van der Waals surface area contributed by atoms with E-state index in [1.165, 1.54) is 6.26 Å². The Morgan fingerprint density at radius 2 is 1.89 bits per heavy atom. The molecule has 0 heterocycles. The van der Waals surface area contributed by atoms with Crippen LogP contribution < -0.4 is 11.1 Å². The van der Waals surface area contributed by atoms with Crippen LogP contribution in [0.5, 0.6) is 0 Å². The number of sulfone groups is 1. The molecule has 1 amide bonds. The van der Waals surface area contributed by atoms with Crippen molar-refractivity contribution in [1.82, 2.24) is 5.32 Å². The zero-order valence-electron chi connectivity index (χ0n) is 11.4. The molecular formula is C12H24N2O3S. The molecule has 0 aromatic rings. The van der Waals surface area contributed by atoms with Crippen LogP contribution in [0, 0.1) is 5.92 Å². The molecule has 0 bridgehead atoms. The molecule has 0 spiro atoms. The summed E-state index contributed by atoms with van der Waals surface area (Å²) < 4.78 is 22.1. The van der Waals surface area contributed by atoms with Crippen LogP contribution in [0.1, 0.15) is 39.5 Å². The fraction of sp³-hybridized carbons (Fsp3) is 0.917. The van der Waals surface area contributed by atoms with Gasteiger partial charge >= 0.3 is 0 Å². The topological polar surface area (TPSA) is 89.3 Å². The van der Waals surface area contributed by atoms with Crippen LogP contribution in [0.3, 0.4) is 0 Å². The van der Waals surface area contributed by atoms with E-state index in [1.807, 2.05) is 0 Å². The fourth-order valence-electron chi connectivity index (χ4n) is 2.05. The smallest absolute Gasteiger partial charge is 0.224 e. The molecule has 1 aliphatic rings. The average Bonchev–Trinajstić information content (AvgIpc) is 2.25. The van der Waals surface area contributed by atoms with Gasteiger partial charge in [0, 0.05) is 18.8 Å². The largest absolute Gasteiger partial charge is 0.354 e. The summed E-state index contributed by atoms with van der Waals surface area (Å²) in [6.45, 7) is 3.36. The highest BCUT2D eigenvalue weighted by Gasteiger charge is 2.33. The van der Waals surface area contributed by atoms with Crippen LogP contribution in [0.25, 0.3) is 0 Å². The van der Waals surface area contributed by atoms with E-state index in [2.05, 4.69) is 5.32 Å². The molecule has 2 unspecified atom stereocenters. The maximum absolute atomic E-state index is 12.0. The molecule has 1 aliphatic carbocycles. The first-order chi connectivity index (χ1) is 8.15. The number of nitrogens with two attached hydrogens (primary N) is 1. The summed E-state index contributed by atoms with van der Waals surface area (Å²) in [5.74, 6) is -0.284. The molecule has 106 valence electrons. The number of amides is 1. The van der Waals surface area contributed by atoms with Gasteiger partial charge in [-0.1, -0.05) is 12.8 Å². The molecule has 0 radical (unpaired) electrons. The standard InChI is InChI=1S/C12H24N2O3S/c1-12(2,18(3,16)17)8-14-11(15)9-6-4-5-7-10(9)13/h9-10H,4-8,13H2,1-3H3,(H,14,15). The lowest BCUT2D eigenvalue weighted by atomic mass is 9.84. The molecule has 0 saturated heterocycles. The van der Waals surface area contributed by atoms with Gasteiger partial charge < -0.3 is 11.1 Å². The van der Waals surface area contributed by atoms with Gasteiger partial charge in [-0.3, -0.25) is 4.79 Å². The Morgan fingerprint density at radius 3 is 2.39 bits per heavy atom. The zero-order valence-corrected chi connectivity index (χ0v) is 12.2. The van der Waals surface area contributed by atoms with Gasteiger partial charge in [-0.15, -0.1) is 0 Å². The first-order valence-electron chi connectivity index (χ1n) is 6.38. The molecule has 1 rings (SSSR count). The highest BCUT2D eigenvalue weighted by atomic mass is 32.2. The lowest BCUT2D eigenvalue weighted by molar-refractivity contribution is -0.126. The van der Waals surface area contributed by atoms with Gasteiger partial charge in [0.25, 0.3) is 0 Å². The Kier molecular flexibility index (Phi) is 4.78. The van der Waals surface area contributed by atoms with Crippen molar-refractivity contribution in [2.75, 3.05) is 12.8 Å². The second kappa shape index (κ2) is 5.57. The molecule has 3 N–H and O–H groups in total. The maximum atomic E-state index is 12.0. The van der Waals surface area contributed by atoms with E-state index in [9.17, 15) is 13.2 Å². The van der Waals surface area contributed by atoms with Crippen molar-refractivity contribution in [2.24, 2.45) is 11.7 Å². The first-order valence-corrected chi connectivity index (χ1v) is 8.27. The Morgan fingerprint density at radius 1 is 1.33 bits per heavy atom. The molecule has 0 aliphatic heterocycles. The minimum absolute atomic E-state index is 0.0971. The zero-order chi connectivity index (χ0) is 14.0. The van der Waals surface area contributed by atoms with Crippen LogP contribution in [-0.2, 0) is 14.6 Å². The summed E-state index contributed by atoms with van der Waals surface area (Å²) in [6.07, 6.45) is 4.94. The third-order valence-electron chi connectivity index (χ3n) is 3.85. The van der Waals surface area contributed by atoms with Gasteiger partial charge in [-0.2, -0.15) is 0 Å². The van der Waals surface area contributed by atoms with Gasteiger partial charge in [-0.05, 0) is 26.7 Å². The normalized spacial score (nSPS) is 25.8. The molecule has 6 heteroatoms. The van der Waals surface area contributed by atoms with Crippen LogP contribution in [0.15, 0.2) is 0 Å². The minimum atomic E-state index is -3.19. The number of nitrogens with one attached hydrogen (secondary N) is 1. The molecule has 0 aromatic carbocycles. The Labute approximate surface area is 109 Å². The van der Waals surface area contributed by atoms with E-state index in [1.54, 1.807) is 13.8 Å². The second-order valence-electron chi connectivity index (χ2n) is 5.80. The Hall–Kier alpha value is -0.620. The van der Waals surface area contributed by atoms with E-state index in [-0.39, 0.29) is 24.4 Å². The van der Waals surface area contributed by atoms with E-state index in [0.29, 0.717) is 0 Å². The molecule has 18 heavy (non-hydrogen) atoms. The summed E-state index contributed by atoms with van der Waals surface area (Å²) in [4.78, 5) is 12.0. The van der Waals surface area contributed by atoms with Gasteiger partial charge in [0.1, 0.15) is 0 Å². The monoisotopic (exact) mass is 276 g/mol. The molecule has 5 nitrogen and oxygen atoms in total. The van der Waals surface area contributed by atoms with Crippen molar-refractivity contribution in [3.63, 3.8) is 0 Å². The van der Waals surface area contributed by atoms with Crippen molar-refractivity contribution in [3.05, 3.63) is 0 Å². The number of rotatable bonds is 4. The lowest BCUT2D eigenvalue weighted by Crippen LogP contribution is -2.49. The van der Waals surface area contributed by atoms with Crippen LogP contribution in [0.4, 0.5) is 0 Å². The summed E-state index contributed by atoms with van der Waals surface area (Å²) in [5.41, 5.74) is 5.93. The minimum Gasteiger partial charge on any atom is -0.354 e. The molecule has 2 atom stereocenters. The van der Waals surface area contributed by atoms with Crippen molar-refractivity contribution in [3.8, 4) is 0 Å². The maximum Gasteiger partial charge on any atom is 0.224 e. The second-order valence-corrected chi connectivity index (χ2v) is 8.45. The summed E-state index contributed by atoms with van der Waals surface area (Å²) in [7, 11) is -3.19. The van der Waals surface area contributed by atoms with Crippen molar-refractivity contribution >= 4 is 15.7 Å². The average molecular weight is 276 g/mol. The molecular weight excluding hydrogens is 252 g/mol. The molecule has 1 fully saturated rings. The van der Waals surface area contributed by atoms with Crippen LogP contribution in [0.2, 0.25) is 0 Å². The third-order valence-corrected chi connectivity index (χ3v) is 6.00. The Bertz CT molecular complexity index is 404. The van der Waals surface area contributed by atoms with E-state index < -0.39 is 14.6 Å². The highest BCUT2D eigenvalue weighted by molar-refractivity contribution is 7.92. The van der Waals surface area contributed by atoms with Crippen molar-refractivity contribution < 1.29 is 13.2 Å². The van der Waals surface area contributed by atoms with Gasteiger partial charge in [-0.25, -0.2) is 8.42 Å². The van der Waals surface area contributed by atoms with E-state index in [0.717, 1.165) is 25.7 Å². The SMILES string of the molecule is CC(C)(CNC(=O)C1CCCCC1N)S(C)(=O)=O.